The van der Waals surface area contributed by atoms with Crippen LogP contribution in [-0.2, 0) is 4.79 Å². The van der Waals surface area contributed by atoms with Gasteiger partial charge < -0.3 is 10.6 Å². The molecular formula is C10H18N2O. The first-order valence-electron chi connectivity index (χ1n) is 5.15. The van der Waals surface area contributed by atoms with Gasteiger partial charge >= 0.3 is 0 Å². The Morgan fingerprint density at radius 3 is 2.77 bits per heavy atom. The topological polar surface area (TPSA) is 46.3 Å². The molecule has 2 aliphatic rings. The van der Waals surface area contributed by atoms with E-state index in [0.29, 0.717) is 11.8 Å². The highest BCUT2D eigenvalue weighted by molar-refractivity contribution is 5.85. The van der Waals surface area contributed by atoms with Crippen LogP contribution in [0.15, 0.2) is 0 Å². The van der Waals surface area contributed by atoms with E-state index in [4.69, 9.17) is 5.73 Å². The number of hydrogen-bond donors (Lipinski definition) is 1. The standard InChI is InChI=1S/C10H18N2O/c1-10(3-4-10)9(13)12-5-2-8(6-11)7-12/h8H,2-7,11H2,1H3/t8-/m1/s1. The Morgan fingerprint density at radius 1 is 1.62 bits per heavy atom. The molecule has 0 bridgehead atoms. The van der Waals surface area contributed by atoms with Crippen LogP contribution in [0.1, 0.15) is 26.2 Å². The third kappa shape index (κ3) is 1.57. The Kier molecular flexibility index (Phi) is 2.06. The Morgan fingerprint density at radius 2 is 2.31 bits per heavy atom. The van der Waals surface area contributed by atoms with Crippen molar-refractivity contribution in [3.05, 3.63) is 0 Å². The van der Waals surface area contributed by atoms with Gasteiger partial charge in [-0.2, -0.15) is 0 Å². The van der Waals surface area contributed by atoms with Gasteiger partial charge in [-0.15, -0.1) is 0 Å². The van der Waals surface area contributed by atoms with Crippen LogP contribution in [0, 0.1) is 11.3 Å². The summed E-state index contributed by atoms with van der Waals surface area (Å²) in [5.41, 5.74) is 5.59. The van der Waals surface area contributed by atoms with Gasteiger partial charge in [-0.1, -0.05) is 6.92 Å². The minimum absolute atomic E-state index is 0.00346. The Balaban J connectivity index is 1.92. The molecule has 0 aromatic heterocycles. The van der Waals surface area contributed by atoms with Crippen LogP contribution in [0.2, 0.25) is 0 Å². The number of carbonyl (C=O) groups excluding carboxylic acids is 1. The molecule has 2 N–H and O–H groups in total. The summed E-state index contributed by atoms with van der Waals surface area (Å²) in [6.07, 6.45) is 3.25. The van der Waals surface area contributed by atoms with Gasteiger partial charge in [0.2, 0.25) is 5.91 Å². The molecule has 0 radical (unpaired) electrons. The summed E-state index contributed by atoms with van der Waals surface area (Å²) in [6, 6.07) is 0. The highest BCUT2D eigenvalue weighted by Gasteiger charge is 2.48. The smallest absolute Gasteiger partial charge is 0.228 e. The van der Waals surface area contributed by atoms with Gasteiger partial charge in [-0.25, -0.2) is 0 Å². The summed E-state index contributed by atoms with van der Waals surface area (Å²) in [5.74, 6) is 0.912. The van der Waals surface area contributed by atoms with Crippen LogP contribution >= 0.6 is 0 Å². The van der Waals surface area contributed by atoms with Crippen LogP contribution < -0.4 is 5.73 Å². The summed E-state index contributed by atoms with van der Waals surface area (Å²) in [4.78, 5) is 13.9. The normalized spacial score (nSPS) is 30.6. The van der Waals surface area contributed by atoms with Crippen molar-refractivity contribution in [2.45, 2.75) is 26.2 Å². The molecule has 1 heterocycles. The first kappa shape index (κ1) is 9.00. The van der Waals surface area contributed by atoms with Crippen LogP contribution in [-0.4, -0.2) is 30.4 Å². The molecule has 0 spiro atoms. The van der Waals surface area contributed by atoms with Gasteiger partial charge in [0.1, 0.15) is 0 Å². The molecule has 1 saturated heterocycles. The molecule has 2 rings (SSSR count). The monoisotopic (exact) mass is 182 g/mol. The molecule has 74 valence electrons. The molecule has 13 heavy (non-hydrogen) atoms. The molecule has 2 fully saturated rings. The fourth-order valence-corrected chi connectivity index (χ4v) is 1.99. The summed E-state index contributed by atoms with van der Waals surface area (Å²) >= 11 is 0. The lowest BCUT2D eigenvalue weighted by Gasteiger charge is -2.20. The number of rotatable bonds is 2. The summed E-state index contributed by atoms with van der Waals surface area (Å²) < 4.78 is 0. The predicted octanol–water partition coefficient (Wildman–Crippen LogP) is 0.594. The van der Waals surface area contributed by atoms with Crippen molar-refractivity contribution in [3.8, 4) is 0 Å². The highest BCUT2D eigenvalue weighted by atomic mass is 16.2. The second kappa shape index (κ2) is 2.98. The highest BCUT2D eigenvalue weighted by Crippen LogP contribution is 2.47. The van der Waals surface area contributed by atoms with Crippen molar-refractivity contribution in [2.75, 3.05) is 19.6 Å². The number of nitrogens with two attached hydrogens (primary N) is 1. The van der Waals surface area contributed by atoms with Crippen molar-refractivity contribution in [1.82, 2.24) is 4.90 Å². The average molecular weight is 182 g/mol. The van der Waals surface area contributed by atoms with E-state index < -0.39 is 0 Å². The fourth-order valence-electron chi connectivity index (χ4n) is 1.99. The Labute approximate surface area is 79.3 Å². The molecule has 0 unspecified atom stereocenters. The van der Waals surface area contributed by atoms with Gasteiger partial charge in [0.15, 0.2) is 0 Å². The number of nitrogens with zero attached hydrogens (tertiary/aromatic N) is 1. The third-order valence-electron chi connectivity index (χ3n) is 3.42. The molecule has 1 aliphatic heterocycles. The second-order valence-corrected chi connectivity index (χ2v) is 4.70. The minimum atomic E-state index is 0.00346. The molecule has 1 saturated carbocycles. The van der Waals surface area contributed by atoms with Gasteiger partial charge in [0.05, 0.1) is 0 Å². The lowest BCUT2D eigenvalue weighted by Crippen LogP contribution is -2.34. The number of carbonyl (C=O) groups is 1. The van der Waals surface area contributed by atoms with E-state index in [0.717, 1.165) is 38.9 Å². The maximum Gasteiger partial charge on any atom is 0.228 e. The first-order chi connectivity index (χ1) is 6.15. The predicted molar refractivity (Wildman–Crippen MR) is 51.1 cm³/mol. The minimum Gasteiger partial charge on any atom is -0.342 e. The zero-order chi connectivity index (χ0) is 9.47. The molecular weight excluding hydrogens is 164 g/mol. The number of amides is 1. The lowest BCUT2D eigenvalue weighted by atomic mass is 10.1. The zero-order valence-corrected chi connectivity index (χ0v) is 8.25. The van der Waals surface area contributed by atoms with E-state index in [1.54, 1.807) is 0 Å². The summed E-state index contributed by atoms with van der Waals surface area (Å²) in [7, 11) is 0. The molecule has 1 amide bonds. The second-order valence-electron chi connectivity index (χ2n) is 4.70. The fraction of sp³-hybridized carbons (Fsp3) is 0.900. The van der Waals surface area contributed by atoms with Crippen molar-refractivity contribution in [1.29, 1.82) is 0 Å². The molecule has 0 aromatic rings. The number of hydrogen-bond acceptors (Lipinski definition) is 2. The SMILES string of the molecule is CC1(C(=O)N2CC[C@H](CN)C2)CC1. The van der Waals surface area contributed by atoms with Gasteiger partial charge in [-0.3, -0.25) is 4.79 Å². The van der Waals surface area contributed by atoms with E-state index in [1.807, 2.05) is 4.90 Å². The van der Waals surface area contributed by atoms with Gasteiger partial charge in [0.25, 0.3) is 0 Å². The van der Waals surface area contributed by atoms with E-state index in [1.165, 1.54) is 0 Å². The lowest BCUT2D eigenvalue weighted by molar-refractivity contribution is -0.135. The molecule has 3 heteroatoms. The van der Waals surface area contributed by atoms with Crippen LogP contribution in [0.25, 0.3) is 0 Å². The van der Waals surface area contributed by atoms with Crippen molar-refractivity contribution >= 4 is 5.91 Å². The largest absolute Gasteiger partial charge is 0.342 e. The van der Waals surface area contributed by atoms with Crippen LogP contribution in [0.3, 0.4) is 0 Å². The summed E-state index contributed by atoms with van der Waals surface area (Å²) in [5, 5.41) is 0. The molecule has 3 nitrogen and oxygen atoms in total. The van der Waals surface area contributed by atoms with E-state index in [2.05, 4.69) is 6.92 Å². The zero-order valence-electron chi connectivity index (χ0n) is 8.25. The van der Waals surface area contributed by atoms with Crippen LogP contribution in [0.5, 0.6) is 0 Å². The van der Waals surface area contributed by atoms with E-state index >= 15 is 0 Å². The quantitative estimate of drug-likeness (QED) is 0.679. The van der Waals surface area contributed by atoms with E-state index in [-0.39, 0.29) is 5.41 Å². The molecule has 1 aliphatic carbocycles. The summed E-state index contributed by atoms with van der Waals surface area (Å²) in [6.45, 7) is 4.62. The van der Waals surface area contributed by atoms with Crippen molar-refractivity contribution < 1.29 is 4.79 Å². The molecule has 0 aromatic carbocycles. The maximum atomic E-state index is 11.9. The Bertz CT molecular complexity index is 223. The Hall–Kier alpha value is -0.570. The first-order valence-corrected chi connectivity index (χ1v) is 5.15. The average Bonchev–Trinajstić information content (AvgIpc) is 2.71. The van der Waals surface area contributed by atoms with Crippen LogP contribution in [0.4, 0.5) is 0 Å². The van der Waals surface area contributed by atoms with Crippen molar-refractivity contribution in [2.24, 2.45) is 17.1 Å². The van der Waals surface area contributed by atoms with E-state index in [9.17, 15) is 4.79 Å². The third-order valence-corrected chi connectivity index (χ3v) is 3.42. The molecule has 1 atom stereocenters. The van der Waals surface area contributed by atoms with Gasteiger partial charge in [-0.05, 0) is 31.7 Å². The number of likely N-dealkylation sites (tertiary alicyclic amines) is 1. The van der Waals surface area contributed by atoms with Crippen molar-refractivity contribution in [3.63, 3.8) is 0 Å². The van der Waals surface area contributed by atoms with Gasteiger partial charge in [0, 0.05) is 18.5 Å². The maximum absolute atomic E-state index is 11.9.